The van der Waals surface area contributed by atoms with E-state index in [9.17, 15) is 0 Å². The molecule has 2 aromatic carbocycles. The molecule has 0 saturated carbocycles. The highest BCUT2D eigenvalue weighted by Crippen LogP contribution is 2.20. The second-order valence-corrected chi connectivity index (χ2v) is 7.77. The van der Waals surface area contributed by atoms with E-state index >= 15 is 0 Å². The number of nitrogens with zero attached hydrogens (tertiary/aromatic N) is 3. The third-order valence-corrected chi connectivity index (χ3v) is 5.64. The lowest BCUT2D eigenvalue weighted by Crippen LogP contribution is -2.39. The molecule has 2 N–H and O–H groups in total. The highest BCUT2D eigenvalue weighted by molar-refractivity contribution is 7.07. The van der Waals surface area contributed by atoms with Crippen molar-refractivity contribution in [2.45, 2.75) is 6.54 Å². The Labute approximate surface area is 189 Å². The molecule has 0 bridgehead atoms. The van der Waals surface area contributed by atoms with Gasteiger partial charge in [-0.2, -0.15) is 0 Å². The van der Waals surface area contributed by atoms with Crippen LogP contribution in [0.3, 0.4) is 0 Å². The number of rotatable bonds is 5. The number of carbonyl (C=O) groups is 2. The zero-order valence-electron chi connectivity index (χ0n) is 17.5. The lowest BCUT2D eigenvalue weighted by molar-refractivity contribution is -0.159. The van der Waals surface area contributed by atoms with Crippen LogP contribution < -0.4 is 4.80 Å². The first kappa shape index (κ1) is 23.4. The van der Waals surface area contributed by atoms with Gasteiger partial charge in [0, 0.05) is 31.6 Å². The third-order valence-electron chi connectivity index (χ3n) is 4.77. The second-order valence-electron chi connectivity index (χ2n) is 6.93. The Kier molecular flexibility index (Phi) is 8.73. The normalized spacial score (nSPS) is 14.4. The predicted octanol–water partition coefficient (Wildman–Crippen LogP) is 2.94. The van der Waals surface area contributed by atoms with Crippen LogP contribution in [0.4, 0.5) is 5.69 Å². The number of ether oxygens (including phenoxy) is 1. The maximum Gasteiger partial charge on any atom is 0.414 e. The fraction of sp³-hybridized carbons (Fsp3) is 0.261. The van der Waals surface area contributed by atoms with Crippen LogP contribution in [-0.2, 0) is 20.9 Å². The smallest absolute Gasteiger partial charge is 0.414 e. The molecule has 4 rings (SSSR count). The number of morpholine rings is 1. The van der Waals surface area contributed by atoms with E-state index < -0.39 is 11.9 Å². The lowest BCUT2D eigenvalue weighted by Gasteiger charge is -2.26. The van der Waals surface area contributed by atoms with Crippen LogP contribution in [0.5, 0.6) is 0 Å². The molecule has 1 aliphatic rings. The van der Waals surface area contributed by atoms with Crippen molar-refractivity contribution in [1.82, 2.24) is 9.47 Å². The molecular weight excluding hydrogens is 430 g/mol. The van der Waals surface area contributed by atoms with Crippen molar-refractivity contribution in [2.24, 2.45) is 4.99 Å². The molecule has 0 unspecified atom stereocenters. The van der Waals surface area contributed by atoms with E-state index in [0.29, 0.717) is 0 Å². The maximum absolute atomic E-state index is 9.10. The summed E-state index contributed by atoms with van der Waals surface area (Å²) in [5, 5.41) is 17.0. The number of hydrogen-bond donors (Lipinski definition) is 2. The van der Waals surface area contributed by atoms with Crippen LogP contribution in [-0.4, -0.2) is 64.5 Å². The van der Waals surface area contributed by atoms with Crippen molar-refractivity contribution in [2.75, 3.05) is 32.8 Å². The molecule has 3 aromatic rings. The second kappa shape index (κ2) is 11.9. The number of hydrogen-bond acceptors (Lipinski definition) is 6. The molecule has 0 aliphatic carbocycles. The van der Waals surface area contributed by atoms with Gasteiger partial charge in [0.15, 0.2) is 4.80 Å². The van der Waals surface area contributed by atoms with Gasteiger partial charge in [0.2, 0.25) is 0 Å². The molecule has 168 valence electrons. The molecule has 2 heterocycles. The van der Waals surface area contributed by atoms with Crippen LogP contribution in [0.2, 0.25) is 0 Å². The standard InChI is InChI=1S/C21H23N3OS.C2H2O4/c1-3-7-18(8-4-1)20-17-26-21(22-19-9-5-2-6-10-19)24(20)12-11-23-13-15-25-16-14-23;3-1(4)2(5)6/h1-10,17H,11-16H2;(H,3,4)(H,5,6). The van der Waals surface area contributed by atoms with Crippen molar-refractivity contribution < 1.29 is 24.5 Å². The molecule has 9 heteroatoms. The third kappa shape index (κ3) is 6.88. The van der Waals surface area contributed by atoms with E-state index in [1.165, 1.54) is 11.3 Å². The van der Waals surface area contributed by atoms with Crippen LogP contribution >= 0.6 is 11.3 Å². The van der Waals surface area contributed by atoms with E-state index in [2.05, 4.69) is 45.2 Å². The predicted molar refractivity (Wildman–Crippen MR) is 122 cm³/mol. The molecule has 8 nitrogen and oxygen atoms in total. The fourth-order valence-corrected chi connectivity index (χ4v) is 4.11. The van der Waals surface area contributed by atoms with Gasteiger partial charge in [-0.3, -0.25) is 4.90 Å². The molecule has 0 spiro atoms. The average molecular weight is 456 g/mol. The number of aromatic nitrogens is 1. The Bertz CT molecular complexity index is 1060. The maximum atomic E-state index is 9.10. The van der Waals surface area contributed by atoms with Crippen molar-refractivity contribution in [1.29, 1.82) is 0 Å². The van der Waals surface area contributed by atoms with Gasteiger partial charge >= 0.3 is 11.9 Å². The summed E-state index contributed by atoms with van der Waals surface area (Å²) in [5.41, 5.74) is 3.47. The van der Waals surface area contributed by atoms with Gasteiger partial charge in [0.05, 0.1) is 24.6 Å². The zero-order valence-corrected chi connectivity index (χ0v) is 18.3. The highest BCUT2D eigenvalue weighted by atomic mass is 32.1. The van der Waals surface area contributed by atoms with E-state index in [4.69, 9.17) is 29.5 Å². The van der Waals surface area contributed by atoms with Gasteiger partial charge in [0.1, 0.15) is 0 Å². The topological polar surface area (TPSA) is 104 Å². The Morgan fingerprint density at radius 3 is 2.09 bits per heavy atom. The Morgan fingerprint density at radius 1 is 0.906 bits per heavy atom. The Hall–Kier alpha value is -3.27. The minimum atomic E-state index is -1.82. The zero-order chi connectivity index (χ0) is 22.8. The van der Waals surface area contributed by atoms with E-state index in [0.717, 1.165) is 49.9 Å². The molecule has 0 amide bonds. The highest BCUT2D eigenvalue weighted by Gasteiger charge is 2.13. The van der Waals surface area contributed by atoms with E-state index in [1.807, 2.05) is 30.3 Å². The molecule has 0 radical (unpaired) electrons. The van der Waals surface area contributed by atoms with Gasteiger partial charge in [0.25, 0.3) is 0 Å². The van der Waals surface area contributed by atoms with Gasteiger partial charge in [-0.1, -0.05) is 48.5 Å². The number of benzene rings is 2. The summed E-state index contributed by atoms with van der Waals surface area (Å²) in [6, 6.07) is 20.8. The summed E-state index contributed by atoms with van der Waals surface area (Å²) >= 11 is 1.71. The van der Waals surface area contributed by atoms with Crippen LogP contribution in [0, 0.1) is 0 Å². The molecular formula is C23H25N3O5S. The van der Waals surface area contributed by atoms with Crippen LogP contribution in [0.25, 0.3) is 11.3 Å². The van der Waals surface area contributed by atoms with Gasteiger partial charge < -0.3 is 19.5 Å². The quantitative estimate of drug-likeness (QED) is 0.574. The van der Waals surface area contributed by atoms with E-state index in [-0.39, 0.29) is 0 Å². The summed E-state index contributed by atoms with van der Waals surface area (Å²) in [7, 11) is 0. The lowest BCUT2D eigenvalue weighted by atomic mass is 10.2. The molecule has 32 heavy (non-hydrogen) atoms. The van der Waals surface area contributed by atoms with Crippen LogP contribution in [0.15, 0.2) is 71.0 Å². The molecule has 1 aromatic heterocycles. The van der Waals surface area contributed by atoms with E-state index in [1.54, 1.807) is 11.3 Å². The number of thiazole rings is 1. The molecule has 0 atom stereocenters. The SMILES string of the molecule is O=C(O)C(=O)O.c1ccc(N=c2scc(-c3ccccc3)n2CCN2CCOCC2)cc1. The summed E-state index contributed by atoms with van der Waals surface area (Å²) in [5.74, 6) is -3.65. The first-order valence-corrected chi connectivity index (χ1v) is 11.0. The monoisotopic (exact) mass is 455 g/mol. The van der Waals surface area contributed by atoms with Crippen molar-refractivity contribution in [3.63, 3.8) is 0 Å². The first-order valence-electron chi connectivity index (χ1n) is 10.1. The number of carboxylic acid groups (broad SMARTS) is 2. The minimum Gasteiger partial charge on any atom is -0.473 e. The van der Waals surface area contributed by atoms with Crippen molar-refractivity contribution >= 4 is 29.0 Å². The average Bonchev–Trinajstić information content (AvgIpc) is 3.22. The summed E-state index contributed by atoms with van der Waals surface area (Å²) in [6.45, 7) is 5.64. The summed E-state index contributed by atoms with van der Waals surface area (Å²) in [4.78, 5) is 26.6. The first-order chi connectivity index (χ1) is 15.5. The van der Waals surface area contributed by atoms with Gasteiger partial charge in [-0.25, -0.2) is 14.6 Å². The van der Waals surface area contributed by atoms with Crippen molar-refractivity contribution in [3.05, 3.63) is 70.8 Å². The van der Waals surface area contributed by atoms with Gasteiger partial charge in [-0.15, -0.1) is 11.3 Å². The number of aliphatic carboxylic acids is 2. The Balaban J connectivity index is 0.000000427. The van der Waals surface area contributed by atoms with Crippen LogP contribution in [0.1, 0.15) is 0 Å². The summed E-state index contributed by atoms with van der Waals surface area (Å²) < 4.78 is 7.82. The largest absolute Gasteiger partial charge is 0.473 e. The Morgan fingerprint density at radius 2 is 1.50 bits per heavy atom. The molecule has 1 fully saturated rings. The fourth-order valence-electron chi connectivity index (χ4n) is 3.15. The minimum absolute atomic E-state index is 0.834. The molecule has 1 aliphatic heterocycles. The molecule has 1 saturated heterocycles. The van der Waals surface area contributed by atoms with Crippen molar-refractivity contribution in [3.8, 4) is 11.3 Å². The van der Waals surface area contributed by atoms with Gasteiger partial charge in [-0.05, 0) is 17.7 Å². The number of carboxylic acids is 2. The number of para-hydroxylation sites is 1. The summed E-state index contributed by atoms with van der Waals surface area (Å²) in [6.07, 6.45) is 0.